The summed E-state index contributed by atoms with van der Waals surface area (Å²) in [6, 6.07) is 13.8. The Kier molecular flexibility index (Phi) is 7.17. The van der Waals surface area contributed by atoms with Crippen molar-refractivity contribution in [2.45, 2.75) is 26.3 Å². The first-order chi connectivity index (χ1) is 13.3. The van der Waals surface area contributed by atoms with Gasteiger partial charge < -0.3 is 10.1 Å². The Hall–Kier alpha value is -2.87. The highest BCUT2D eigenvalue weighted by atomic mass is 32.2. The van der Waals surface area contributed by atoms with E-state index in [1.54, 1.807) is 68.4 Å². The van der Waals surface area contributed by atoms with Crippen molar-refractivity contribution in [3.05, 3.63) is 60.2 Å². The Morgan fingerprint density at radius 3 is 2.14 bits per heavy atom. The first-order valence-corrected chi connectivity index (χ1v) is 10.7. The van der Waals surface area contributed by atoms with Crippen LogP contribution in [0, 0.1) is 0 Å². The van der Waals surface area contributed by atoms with Crippen molar-refractivity contribution in [3.63, 3.8) is 0 Å². The minimum absolute atomic E-state index is 0.274. The summed E-state index contributed by atoms with van der Waals surface area (Å²) in [5, 5.41) is 2.72. The number of rotatable bonds is 8. The average Bonchev–Trinajstić information content (AvgIpc) is 2.66. The molecule has 0 heterocycles. The first kappa shape index (κ1) is 21.4. The maximum Gasteiger partial charge on any atom is 0.338 e. The molecule has 0 fully saturated rings. The fourth-order valence-electron chi connectivity index (χ4n) is 2.76. The summed E-state index contributed by atoms with van der Waals surface area (Å²) in [6.45, 7) is 3.74. The van der Waals surface area contributed by atoms with E-state index in [1.807, 2.05) is 0 Å². The maximum absolute atomic E-state index is 12.8. The van der Waals surface area contributed by atoms with Gasteiger partial charge in [-0.05, 0) is 49.7 Å². The van der Waals surface area contributed by atoms with Crippen LogP contribution in [0.2, 0.25) is 0 Å². The molecule has 0 aromatic heterocycles. The first-order valence-electron chi connectivity index (χ1n) is 8.90. The van der Waals surface area contributed by atoms with Gasteiger partial charge in [0, 0.05) is 5.69 Å². The molecule has 150 valence electrons. The standard InChI is InChI=1S/C20H24N2O5S/c1-4-18(22(28(3,25)26)17-9-7-6-8-10-17)19(23)21-16-13-11-15(12-14-16)20(24)27-5-2/h6-14,18H,4-5H2,1-3H3,(H,21,23)/t18-/m1/s1. The van der Waals surface area contributed by atoms with Crippen molar-refractivity contribution in [2.24, 2.45) is 0 Å². The fourth-order valence-corrected chi connectivity index (χ4v) is 3.98. The van der Waals surface area contributed by atoms with Crippen molar-refractivity contribution >= 4 is 33.3 Å². The van der Waals surface area contributed by atoms with Crippen LogP contribution in [0.15, 0.2) is 54.6 Å². The number of nitrogens with one attached hydrogen (secondary N) is 1. The molecule has 0 aliphatic carbocycles. The molecule has 0 unspecified atom stereocenters. The lowest BCUT2D eigenvalue weighted by molar-refractivity contribution is -0.117. The lowest BCUT2D eigenvalue weighted by Gasteiger charge is -2.30. The molecule has 0 aliphatic rings. The van der Waals surface area contributed by atoms with Crippen molar-refractivity contribution < 1.29 is 22.7 Å². The highest BCUT2D eigenvalue weighted by molar-refractivity contribution is 7.92. The van der Waals surface area contributed by atoms with E-state index in [0.29, 0.717) is 16.9 Å². The lowest BCUT2D eigenvalue weighted by Crippen LogP contribution is -2.46. The zero-order chi connectivity index (χ0) is 20.7. The van der Waals surface area contributed by atoms with Gasteiger partial charge in [-0.15, -0.1) is 0 Å². The zero-order valence-corrected chi connectivity index (χ0v) is 16.9. The molecule has 0 spiro atoms. The quantitative estimate of drug-likeness (QED) is 0.683. The molecule has 0 bridgehead atoms. The minimum Gasteiger partial charge on any atom is -0.462 e. The molecule has 1 N–H and O–H groups in total. The number of para-hydroxylation sites is 1. The highest BCUT2D eigenvalue weighted by Crippen LogP contribution is 2.23. The third kappa shape index (κ3) is 5.32. The van der Waals surface area contributed by atoms with E-state index in [0.717, 1.165) is 10.6 Å². The number of carbonyl (C=O) groups is 2. The van der Waals surface area contributed by atoms with Crippen LogP contribution >= 0.6 is 0 Å². The van der Waals surface area contributed by atoms with Crippen molar-refractivity contribution in [1.82, 2.24) is 0 Å². The van der Waals surface area contributed by atoms with E-state index in [2.05, 4.69) is 5.32 Å². The number of esters is 1. The molecule has 0 radical (unpaired) electrons. The summed E-state index contributed by atoms with van der Waals surface area (Å²) in [5.41, 5.74) is 1.25. The average molecular weight is 404 g/mol. The molecule has 7 nitrogen and oxygen atoms in total. The Balaban J connectivity index is 2.23. The van der Waals surface area contributed by atoms with Gasteiger partial charge in [0.25, 0.3) is 0 Å². The summed E-state index contributed by atoms with van der Waals surface area (Å²) < 4.78 is 30.8. The molecule has 2 aromatic rings. The molecular weight excluding hydrogens is 380 g/mol. The largest absolute Gasteiger partial charge is 0.462 e. The Bertz CT molecular complexity index is 911. The smallest absolute Gasteiger partial charge is 0.338 e. The van der Waals surface area contributed by atoms with Gasteiger partial charge in [-0.2, -0.15) is 0 Å². The van der Waals surface area contributed by atoms with Gasteiger partial charge in [-0.3, -0.25) is 9.10 Å². The van der Waals surface area contributed by atoms with Crippen LogP contribution in [0.1, 0.15) is 30.6 Å². The Labute approximate surface area is 165 Å². The van der Waals surface area contributed by atoms with Gasteiger partial charge in [0.1, 0.15) is 6.04 Å². The molecule has 0 aliphatic heterocycles. The van der Waals surface area contributed by atoms with Gasteiger partial charge in [-0.1, -0.05) is 25.1 Å². The number of hydrogen-bond donors (Lipinski definition) is 1. The van der Waals surface area contributed by atoms with E-state index in [-0.39, 0.29) is 13.0 Å². The van der Waals surface area contributed by atoms with E-state index < -0.39 is 27.9 Å². The van der Waals surface area contributed by atoms with E-state index >= 15 is 0 Å². The van der Waals surface area contributed by atoms with Gasteiger partial charge in [-0.25, -0.2) is 13.2 Å². The monoisotopic (exact) mass is 404 g/mol. The second kappa shape index (κ2) is 9.36. The van der Waals surface area contributed by atoms with Gasteiger partial charge in [0.2, 0.25) is 15.9 Å². The maximum atomic E-state index is 12.8. The Morgan fingerprint density at radius 1 is 1.04 bits per heavy atom. The summed E-state index contributed by atoms with van der Waals surface area (Å²) in [5.74, 6) is -0.903. The van der Waals surface area contributed by atoms with Gasteiger partial charge >= 0.3 is 5.97 Å². The van der Waals surface area contributed by atoms with E-state index in [4.69, 9.17) is 4.74 Å². The topological polar surface area (TPSA) is 92.8 Å². The molecule has 0 saturated carbocycles. The molecular formula is C20H24N2O5S. The molecule has 28 heavy (non-hydrogen) atoms. The Morgan fingerprint density at radius 2 is 1.64 bits per heavy atom. The summed E-state index contributed by atoms with van der Waals surface area (Å²) >= 11 is 0. The number of amides is 1. The number of benzene rings is 2. The predicted molar refractivity (Wildman–Crippen MR) is 109 cm³/mol. The van der Waals surface area contributed by atoms with E-state index in [1.165, 1.54) is 0 Å². The van der Waals surface area contributed by atoms with Crippen molar-refractivity contribution in [3.8, 4) is 0 Å². The fraction of sp³-hybridized carbons (Fsp3) is 0.300. The number of hydrogen-bond acceptors (Lipinski definition) is 5. The molecule has 8 heteroatoms. The summed E-state index contributed by atoms with van der Waals surface area (Å²) in [7, 11) is -3.68. The zero-order valence-electron chi connectivity index (χ0n) is 16.1. The molecule has 0 saturated heterocycles. The normalized spacial score (nSPS) is 12.1. The third-order valence-corrected chi connectivity index (χ3v) is 5.18. The van der Waals surface area contributed by atoms with Crippen LogP contribution in [-0.2, 0) is 19.6 Å². The number of ether oxygens (including phenoxy) is 1. The van der Waals surface area contributed by atoms with Crippen LogP contribution < -0.4 is 9.62 Å². The molecule has 2 aromatic carbocycles. The predicted octanol–water partition coefficient (Wildman–Crippen LogP) is 3.05. The van der Waals surface area contributed by atoms with Gasteiger partial charge in [0.05, 0.1) is 24.1 Å². The SMILES string of the molecule is CCOC(=O)c1ccc(NC(=O)[C@@H](CC)N(c2ccccc2)S(C)(=O)=O)cc1. The molecule has 2 rings (SSSR count). The summed E-state index contributed by atoms with van der Waals surface area (Å²) in [4.78, 5) is 24.5. The molecule has 1 atom stereocenters. The minimum atomic E-state index is -3.68. The number of nitrogens with zero attached hydrogens (tertiary/aromatic N) is 1. The third-order valence-electron chi connectivity index (χ3n) is 4.00. The second-order valence-corrected chi connectivity index (χ2v) is 7.96. The number of sulfonamides is 1. The molecule has 1 amide bonds. The number of anilines is 2. The van der Waals surface area contributed by atoms with Crippen molar-refractivity contribution in [2.75, 3.05) is 22.5 Å². The number of carbonyl (C=O) groups excluding carboxylic acids is 2. The van der Waals surface area contributed by atoms with Crippen LogP contribution in [0.3, 0.4) is 0 Å². The van der Waals surface area contributed by atoms with E-state index in [9.17, 15) is 18.0 Å². The van der Waals surface area contributed by atoms with Crippen LogP contribution in [0.25, 0.3) is 0 Å². The lowest BCUT2D eigenvalue weighted by atomic mass is 10.1. The van der Waals surface area contributed by atoms with Crippen LogP contribution in [0.4, 0.5) is 11.4 Å². The summed E-state index contributed by atoms with van der Waals surface area (Å²) in [6.07, 6.45) is 1.36. The van der Waals surface area contributed by atoms with Crippen LogP contribution in [-0.4, -0.2) is 39.2 Å². The van der Waals surface area contributed by atoms with Crippen molar-refractivity contribution in [1.29, 1.82) is 0 Å². The highest BCUT2D eigenvalue weighted by Gasteiger charge is 2.31. The second-order valence-electron chi connectivity index (χ2n) is 6.11. The van der Waals surface area contributed by atoms with Gasteiger partial charge in [0.15, 0.2) is 0 Å². The van der Waals surface area contributed by atoms with Crippen LogP contribution in [0.5, 0.6) is 0 Å².